The fourth-order valence-corrected chi connectivity index (χ4v) is 3.61. The van der Waals surface area contributed by atoms with Crippen LogP contribution in [0.3, 0.4) is 0 Å². The summed E-state index contributed by atoms with van der Waals surface area (Å²) >= 11 is 0. The van der Waals surface area contributed by atoms with Crippen molar-refractivity contribution in [1.82, 2.24) is 0 Å². The zero-order chi connectivity index (χ0) is 18.0. The van der Waals surface area contributed by atoms with Crippen molar-refractivity contribution in [2.75, 3.05) is 35.1 Å². The molecule has 0 radical (unpaired) electrons. The molecule has 0 atom stereocenters. The fourth-order valence-electron chi connectivity index (χ4n) is 2.56. The lowest BCUT2D eigenvalue weighted by Gasteiger charge is -2.28. The van der Waals surface area contributed by atoms with Gasteiger partial charge in [0.1, 0.15) is 12.4 Å². The first-order chi connectivity index (χ1) is 11.8. The lowest BCUT2D eigenvalue weighted by Crippen LogP contribution is -2.28. The summed E-state index contributed by atoms with van der Waals surface area (Å²) < 4.78 is 33.2. The molecule has 0 spiro atoms. The molecule has 2 N–H and O–H groups in total. The Morgan fingerprint density at radius 3 is 2.48 bits per heavy atom. The van der Waals surface area contributed by atoms with Crippen LogP contribution in [0.1, 0.15) is 6.92 Å². The summed E-state index contributed by atoms with van der Waals surface area (Å²) in [6, 6.07) is 11.2. The lowest BCUT2D eigenvalue weighted by atomic mass is 10.2. The van der Waals surface area contributed by atoms with Crippen molar-refractivity contribution in [3.05, 3.63) is 42.5 Å². The number of amides is 1. The van der Waals surface area contributed by atoms with E-state index in [2.05, 4.69) is 14.9 Å². The number of carbonyl (C=O) groups excluding carboxylic acids is 1. The summed E-state index contributed by atoms with van der Waals surface area (Å²) in [5.74, 6) is 0.433. The van der Waals surface area contributed by atoms with E-state index in [1.807, 2.05) is 13.1 Å². The third kappa shape index (κ3) is 3.85. The molecule has 1 aliphatic heterocycles. The van der Waals surface area contributed by atoms with Gasteiger partial charge in [0.25, 0.3) is 10.0 Å². The SMILES string of the molecule is CC(=O)Nc1ccc(S(=O)(=O)Nc2ccc3c(c2)OCCN3C)cc1. The summed E-state index contributed by atoms with van der Waals surface area (Å²) in [6.07, 6.45) is 0. The molecule has 0 aliphatic carbocycles. The molecule has 132 valence electrons. The number of carbonyl (C=O) groups is 1. The molecule has 25 heavy (non-hydrogen) atoms. The highest BCUT2D eigenvalue weighted by molar-refractivity contribution is 7.92. The average Bonchev–Trinajstić information content (AvgIpc) is 2.54. The molecule has 0 unspecified atom stereocenters. The Hall–Kier alpha value is -2.74. The van der Waals surface area contributed by atoms with Gasteiger partial charge in [-0.3, -0.25) is 9.52 Å². The van der Waals surface area contributed by atoms with E-state index >= 15 is 0 Å². The Bertz CT molecular complexity index is 895. The Labute approximate surface area is 146 Å². The highest BCUT2D eigenvalue weighted by Crippen LogP contribution is 2.33. The largest absolute Gasteiger partial charge is 0.489 e. The van der Waals surface area contributed by atoms with Crippen LogP contribution in [0.4, 0.5) is 17.1 Å². The van der Waals surface area contributed by atoms with Crippen molar-refractivity contribution in [2.45, 2.75) is 11.8 Å². The van der Waals surface area contributed by atoms with Crippen LogP contribution < -0.4 is 19.7 Å². The number of benzene rings is 2. The topological polar surface area (TPSA) is 87.7 Å². The Balaban J connectivity index is 1.80. The van der Waals surface area contributed by atoms with Crippen molar-refractivity contribution >= 4 is 33.0 Å². The van der Waals surface area contributed by atoms with Gasteiger partial charge in [-0.05, 0) is 36.4 Å². The Morgan fingerprint density at radius 2 is 1.80 bits per heavy atom. The summed E-state index contributed by atoms with van der Waals surface area (Å²) in [7, 11) is -1.77. The van der Waals surface area contributed by atoms with Crippen LogP contribution in [-0.4, -0.2) is 34.5 Å². The third-order valence-electron chi connectivity index (χ3n) is 3.79. The Morgan fingerprint density at radius 1 is 1.12 bits per heavy atom. The number of anilines is 3. The van der Waals surface area contributed by atoms with Crippen LogP contribution in [-0.2, 0) is 14.8 Å². The second-order valence-electron chi connectivity index (χ2n) is 5.76. The molecule has 0 bridgehead atoms. The number of hydrogen-bond donors (Lipinski definition) is 2. The molecular formula is C17H19N3O4S. The summed E-state index contributed by atoms with van der Waals surface area (Å²) in [6.45, 7) is 2.74. The van der Waals surface area contributed by atoms with Gasteiger partial charge < -0.3 is 15.0 Å². The number of rotatable bonds is 4. The smallest absolute Gasteiger partial charge is 0.261 e. The Kier molecular flexibility index (Phi) is 4.54. The second kappa shape index (κ2) is 6.64. The first-order valence-corrected chi connectivity index (χ1v) is 9.22. The highest BCUT2D eigenvalue weighted by atomic mass is 32.2. The minimum absolute atomic E-state index is 0.109. The van der Waals surface area contributed by atoms with Crippen LogP contribution in [0, 0.1) is 0 Å². The van der Waals surface area contributed by atoms with Gasteiger partial charge >= 0.3 is 0 Å². The van der Waals surface area contributed by atoms with Crippen molar-refractivity contribution < 1.29 is 17.9 Å². The van der Waals surface area contributed by atoms with Crippen LogP contribution in [0.25, 0.3) is 0 Å². The zero-order valence-corrected chi connectivity index (χ0v) is 14.8. The average molecular weight is 361 g/mol. The molecule has 7 nitrogen and oxygen atoms in total. The molecule has 2 aromatic rings. The monoisotopic (exact) mass is 361 g/mol. The van der Waals surface area contributed by atoms with Gasteiger partial charge in [-0.2, -0.15) is 0 Å². The van der Waals surface area contributed by atoms with Gasteiger partial charge in [0.15, 0.2) is 0 Å². The molecule has 0 saturated carbocycles. The number of ether oxygens (including phenoxy) is 1. The minimum atomic E-state index is -3.73. The quantitative estimate of drug-likeness (QED) is 0.872. The molecule has 1 aliphatic rings. The molecule has 1 heterocycles. The number of hydrogen-bond acceptors (Lipinski definition) is 5. The van der Waals surface area contributed by atoms with E-state index in [0.717, 1.165) is 12.2 Å². The van der Waals surface area contributed by atoms with Crippen molar-refractivity contribution in [3.8, 4) is 5.75 Å². The van der Waals surface area contributed by atoms with Gasteiger partial charge in [0.2, 0.25) is 5.91 Å². The van der Waals surface area contributed by atoms with E-state index in [4.69, 9.17) is 4.74 Å². The summed E-state index contributed by atoms with van der Waals surface area (Å²) in [4.78, 5) is 13.2. The van der Waals surface area contributed by atoms with Crippen LogP contribution in [0.2, 0.25) is 0 Å². The number of nitrogens with zero attached hydrogens (tertiary/aromatic N) is 1. The standard InChI is InChI=1S/C17H19N3O4S/c1-12(21)18-13-3-6-15(7-4-13)25(22,23)19-14-5-8-16-17(11-14)24-10-9-20(16)2/h3-8,11,19H,9-10H2,1-2H3,(H,18,21). The zero-order valence-electron chi connectivity index (χ0n) is 13.9. The van der Waals surface area contributed by atoms with E-state index < -0.39 is 10.0 Å². The second-order valence-corrected chi connectivity index (χ2v) is 7.45. The molecule has 1 amide bonds. The molecular weight excluding hydrogens is 342 g/mol. The summed E-state index contributed by atoms with van der Waals surface area (Å²) in [5, 5.41) is 2.60. The maximum atomic E-state index is 12.5. The van der Waals surface area contributed by atoms with Gasteiger partial charge in [-0.15, -0.1) is 0 Å². The fraction of sp³-hybridized carbons (Fsp3) is 0.235. The first-order valence-electron chi connectivity index (χ1n) is 7.73. The van der Waals surface area contributed by atoms with Crippen molar-refractivity contribution in [3.63, 3.8) is 0 Å². The number of likely N-dealkylation sites (N-methyl/N-ethyl adjacent to an activating group) is 1. The number of sulfonamides is 1. The van der Waals surface area contributed by atoms with E-state index in [9.17, 15) is 13.2 Å². The molecule has 3 rings (SSSR count). The molecule has 2 aromatic carbocycles. The van der Waals surface area contributed by atoms with E-state index in [-0.39, 0.29) is 10.8 Å². The molecule has 0 aromatic heterocycles. The van der Waals surface area contributed by atoms with Gasteiger partial charge in [-0.1, -0.05) is 0 Å². The lowest BCUT2D eigenvalue weighted by molar-refractivity contribution is -0.114. The van der Waals surface area contributed by atoms with E-state index in [0.29, 0.717) is 23.7 Å². The number of fused-ring (bicyclic) bond motifs is 1. The third-order valence-corrected chi connectivity index (χ3v) is 5.19. The van der Waals surface area contributed by atoms with E-state index in [1.54, 1.807) is 24.3 Å². The molecule has 0 fully saturated rings. The number of nitrogens with one attached hydrogen (secondary N) is 2. The van der Waals surface area contributed by atoms with E-state index in [1.165, 1.54) is 19.1 Å². The summed E-state index contributed by atoms with van der Waals surface area (Å²) in [5.41, 5.74) is 1.89. The molecule has 8 heteroatoms. The van der Waals surface area contributed by atoms with Crippen LogP contribution in [0.15, 0.2) is 47.4 Å². The predicted molar refractivity (Wildman–Crippen MR) is 96.8 cm³/mol. The van der Waals surface area contributed by atoms with Gasteiger partial charge in [0.05, 0.1) is 22.8 Å². The van der Waals surface area contributed by atoms with Crippen molar-refractivity contribution in [1.29, 1.82) is 0 Å². The van der Waals surface area contributed by atoms with Crippen molar-refractivity contribution in [2.24, 2.45) is 0 Å². The normalized spacial score (nSPS) is 13.6. The predicted octanol–water partition coefficient (Wildman–Crippen LogP) is 2.27. The minimum Gasteiger partial charge on any atom is -0.489 e. The first kappa shape index (κ1) is 17.1. The maximum Gasteiger partial charge on any atom is 0.261 e. The molecule has 0 saturated heterocycles. The van der Waals surface area contributed by atoms with Gasteiger partial charge in [-0.25, -0.2) is 8.42 Å². The van der Waals surface area contributed by atoms with Crippen LogP contribution >= 0.6 is 0 Å². The maximum absolute atomic E-state index is 12.5. The van der Waals surface area contributed by atoms with Gasteiger partial charge in [0, 0.05) is 25.7 Å². The highest BCUT2D eigenvalue weighted by Gasteiger charge is 2.18. The van der Waals surface area contributed by atoms with Crippen LogP contribution in [0.5, 0.6) is 5.75 Å².